The number of rotatable bonds is 0. The van der Waals surface area contributed by atoms with Gasteiger partial charge in [0.2, 0.25) is 0 Å². The number of fused-ring (bicyclic) bond motifs is 3. The molecule has 1 fully saturated rings. The smallest absolute Gasteiger partial charge is 0.0462 e. The summed E-state index contributed by atoms with van der Waals surface area (Å²) in [5, 5.41) is 7.86. The third-order valence-electron chi connectivity index (χ3n) is 3.25. The molecule has 0 amide bonds. The first-order valence-electron chi connectivity index (χ1n) is 5.12. The van der Waals surface area contributed by atoms with Crippen LogP contribution in [0.3, 0.4) is 0 Å². The number of piperidine rings is 1. The van der Waals surface area contributed by atoms with Crippen LogP contribution >= 0.6 is 11.6 Å². The highest BCUT2D eigenvalue weighted by molar-refractivity contribution is 6.32. The van der Waals surface area contributed by atoms with Crippen molar-refractivity contribution in [1.82, 2.24) is 5.32 Å². The van der Waals surface area contributed by atoms with Gasteiger partial charge < -0.3 is 10.6 Å². The fourth-order valence-electron chi connectivity index (χ4n) is 2.60. The Balaban J connectivity index is 2.06. The first-order valence-corrected chi connectivity index (χ1v) is 5.50. The maximum atomic E-state index is 6.23. The first kappa shape index (κ1) is 8.57. The molecule has 1 aromatic carbocycles. The minimum Gasteiger partial charge on any atom is -0.380 e. The number of anilines is 1. The van der Waals surface area contributed by atoms with Crippen molar-refractivity contribution in [3.05, 3.63) is 28.8 Å². The van der Waals surface area contributed by atoms with Crippen molar-refractivity contribution in [2.24, 2.45) is 0 Å². The molecule has 14 heavy (non-hydrogen) atoms. The van der Waals surface area contributed by atoms with Gasteiger partial charge in [0.25, 0.3) is 0 Å². The largest absolute Gasteiger partial charge is 0.380 e. The van der Waals surface area contributed by atoms with Gasteiger partial charge >= 0.3 is 0 Å². The monoisotopic (exact) mass is 208 g/mol. The number of hydrogen-bond donors (Lipinski definition) is 2. The van der Waals surface area contributed by atoms with E-state index in [1.807, 2.05) is 12.1 Å². The molecule has 1 aromatic rings. The Bertz CT molecular complexity index is 364. The van der Waals surface area contributed by atoms with Gasteiger partial charge in [-0.2, -0.15) is 0 Å². The summed E-state index contributed by atoms with van der Waals surface area (Å²) in [6.07, 6.45) is 1.19. The van der Waals surface area contributed by atoms with E-state index in [-0.39, 0.29) is 0 Å². The van der Waals surface area contributed by atoms with Crippen LogP contribution in [-0.2, 0) is 0 Å². The van der Waals surface area contributed by atoms with Gasteiger partial charge in [-0.25, -0.2) is 0 Å². The minimum absolute atomic E-state index is 0.540. The normalized spacial score (nSPS) is 29.2. The van der Waals surface area contributed by atoms with Crippen LogP contribution in [0.25, 0.3) is 0 Å². The Labute approximate surface area is 88.6 Å². The fourth-order valence-corrected chi connectivity index (χ4v) is 2.91. The summed E-state index contributed by atoms with van der Waals surface area (Å²) >= 11 is 6.23. The summed E-state index contributed by atoms with van der Waals surface area (Å²) in [6, 6.07) is 6.67. The minimum atomic E-state index is 0.540. The van der Waals surface area contributed by atoms with Crippen molar-refractivity contribution in [3.63, 3.8) is 0 Å². The van der Waals surface area contributed by atoms with Crippen molar-refractivity contribution in [2.75, 3.05) is 18.4 Å². The van der Waals surface area contributed by atoms with E-state index in [1.165, 1.54) is 17.7 Å². The van der Waals surface area contributed by atoms with E-state index in [0.717, 1.165) is 18.1 Å². The van der Waals surface area contributed by atoms with E-state index in [4.69, 9.17) is 11.6 Å². The maximum Gasteiger partial charge on any atom is 0.0462 e. The van der Waals surface area contributed by atoms with Gasteiger partial charge in [0, 0.05) is 29.2 Å². The molecule has 3 rings (SSSR count). The summed E-state index contributed by atoms with van der Waals surface area (Å²) in [5.74, 6) is 0.611. The standard InChI is InChI=1S/C11H13ClN2/c12-8-2-1-3-9-11(8)7-4-5-13-6-10(7)14-9/h1-3,7,10,13-14H,4-6H2. The predicted octanol–water partition coefficient (Wildman–Crippen LogP) is 2.21. The molecule has 2 nitrogen and oxygen atoms in total. The van der Waals surface area contributed by atoms with Gasteiger partial charge in [0.15, 0.2) is 0 Å². The zero-order chi connectivity index (χ0) is 9.54. The van der Waals surface area contributed by atoms with E-state index in [1.54, 1.807) is 0 Å². The zero-order valence-electron chi connectivity index (χ0n) is 7.89. The zero-order valence-corrected chi connectivity index (χ0v) is 8.64. The third-order valence-corrected chi connectivity index (χ3v) is 3.58. The second kappa shape index (κ2) is 3.14. The average molecular weight is 209 g/mol. The molecule has 74 valence electrons. The second-order valence-electron chi connectivity index (χ2n) is 4.05. The molecular weight excluding hydrogens is 196 g/mol. The Kier molecular flexibility index (Phi) is 1.92. The summed E-state index contributed by atoms with van der Waals surface area (Å²) in [4.78, 5) is 0. The van der Waals surface area contributed by atoms with Crippen LogP contribution in [0.2, 0.25) is 5.02 Å². The van der Waals surface area contributed by atoms with Gasteiger partial charge in [-0.05, 0) is 30.7 Å². The third kappa shape index (κ3) is 1.14. The van der Waals surface area contributed by atoms with Crippen molar-refractivity contribution >= 4 is 17.3 Å². The predicted molar refractivity (Wildman–Crippen MR) is 59.1 cm³/mol. The van der Waals surface area contributed by atoms with Crippen LogP contribution in [-0.4, -0.2) is 19.1 Å². The molecule has 2 atom stereocenters. The lowest BCUT2D eigenvalue weighted by Crippen LogP contribution is -2.40. The summed E-state index contributed by atoms with van der Waals surface area (Å²) < 4.78 is 0. The molecule has 3 heteroatoms. The molecule has 2 aliphatic rings. The lowest BCUT2D eigenvalue weighted by atomic mass is 9.89. The molecular formula is C11H13ClN2. The van der Waals surface area contributed by atoms with Crippen molar-refractivity contribution in [3.8, 4) is 0 Å². The first-order chi connectivity index (χ1) is 6.86. The van der Waals surface area contributed by atoms with Crippen LogP contribution in [0.1, 0.15) is 17.9 Å². The van der Waals surface area contributed by atoms with Gasteiger partial charge in [-0.1, -0.05) is 17.7 Å². The van der Waals surface area contributed by atoms with Crippen LogP contribution < -0.4 is 10.6 Å². The molecule has 2 N–H and O–H groups in total. The molecule has 0 bridgehead atoms. The number of halogens is 1. The number of benzene rings is 1. The molecule has 0 radical (unpaired) electrons. The highest BCUT2D eigenvalue weighted by Gasteiger charge is 2.35. The van der Waals surface area contributed by atoms with E-state index < -0.39 is 0 Å². The number of nitrogens with one attached hydrogen (secondary N) is 2. The molecule has 1 saturated heterocycles. The van der Waals surface area contributed by atoms with Crippen LogP contribution in [0.15, 0.2) is 18.2 Å². The van der Waals surface area contributed by atoms with Crippen molar-refractivity contribution in [2.45, 2.75) is 18.4 Å². The second-order valence-corrected chi connectivity index (χ2v) is 4.46. The van der Waals surface area contributed by atoms with E-state index >= 15 is 0 Å². The summed E-state index contributed by atoms with van der Waals surface area (Å²) in [6.45, 7) is 2.16. The molecule has 0 spiro atoms. The molecule has 2 unspecified atom stereocenters. The van der Waals surface area contributed by atoms with E-state index in [0.29, 0.717) is 12.0 Å². The lowest BCUT2D eigenvalue weighted by molar-refractivity contribution is 0.439. The van der Waals surface area contributed by atoms with Crippen LogP contribution in [0.4, 0.5) is 5.69 Å². The Hall–Kier alpha value is -0.730. The van der Waals surface area contributed by atoms with Gasteiger partial charge in [-0.15, -0.1) is 0 Å². The SMILES string of the molecule is Clc1cccc2c1C1CCNCC1N2. The molecule has 0 saturated carbocycles. The quantitative estimate of drug-likeness (QED) is 0.683. The highest BCUT2D eigenvalue weighted by atomic mass is 35.5. The Morgan fingerprint density at radius 3 is 3.21 bits per heavy atom. The molecule has 2 heterocycles. The fraction of sp³-hybridized carbons (Fsp3) is 0.455. The highest BCUT2D eigenvalue weighted by Crippen LogP contribution is 2.42. The van der Waals surface area contributed by atoms with Gasteiger partial charge in [0.05, 0.1) is 0 Å². The Morgan fingerprint density at radius 2 is 2.29 bits per heavy atom. The molecule has 0 aromatic heterocycles. The maximum absolute atomic E-state index is 6.23. The molecule has 2 aliphatic heterocycles. The number of hydrogen-bond acceptors (Lipinski definition) is 2. The topological polar surface area (TPSA) is 24.1 Å². The van der Waals surface area contributed by atoms with E-state index in [9.17, 15) is 0 Å². The van der Waals surface area contributed by atoms with Gasteiger partial charge in [0.1, 0.15) is 0 Å². The Morgan fingerprint density at radius 1 is 1.36 bits per heavy atom. The average Bonchev–Trinajstić information content (AvgIpc) is 2.57. The molecule has 0 aliphatic carbocycles. The van der Waals surface area contributed by atoms with Crippen molar-refractivity contribution in [1.29, 1.82) is 0 Å². The van der Waals surface area contributed by atoms with Gasteiger partial charge in [-0.3, -0.25) is 0 Å². The lowest BCUT2D eigenvalue weighted by Gasteiger charge is -2.26. The van der Waals surface area contributed by atoms with Crippen LogP contribution in [0, 0.1) is 0 Å². The van der Waals surface area contributed by atoms with Crippen LogP contribution in [0.5, 0.6) is 0 Å². The van der Waals surface area contributed by atoms with E-state index in [2.05, 4.69) is 16.7 Å². The van der Waals surface area contributed by atoms with Crippen molar-refractivity contribution < 1.29 is 0 Å². The summed E-state index contributed by atoms with van der Waals surface area (Å²) in [7, 11) is 0. The summed E-state index contributed by atoms with van der Waals surface area (Å²) in [5.41, 5.74) is 2.57.